The Bertz CT molecular complexity index is 939. The van der Waals surface area contributed by atoms with E-state index in [2.05, 4.69) is 30.6 Å². The lowest BCUT2D eigenvalue weighted by Gasteiger charge is -2.11. The van der Waals surface area contributed by atoms with Gasteiger partial charge in [-0.3, -0.25) is 9.48 Å². The van der Waals surface area contributed by atoms with E-state index in [9.17, 15) is 4.79 Å². The van der Waals surface area contributed by atoms with E-state index in [-0.39, 0.29) is 5.56 Å². The summed E-state index contributed by atoms with van der Waals surface area (Å²) in [6.07, 6.45) is 6.05. The summed E-state index contributed by atoms with van der Waals surface area (Å²) in [5.41, 5.74) is 7.54. The topological polar surface area (TPSA) is 114 Å². The molecule has 4 N–H and O–H groups in total. The average Bonchev–Trinajstić information content (AvgIpc) is 3.14. The highest BCUT2D eigenvalue weighted by molar-refractivity contribution is 5.97. The Labute approximate surface area is 170 Å². The second-order valence-electron chi connectivity index (χ2n) is 6.93. The third kappa shape index (κ3) is 6.01. The van der Waals surface area contributed by atoms with Crippen LogP contribution in [0.5, 0.6) is 0 Å². The van der Waals surface area contributed by atoms with Crippen LogP contribution >= 0.6 is 0 Å². The number of nitrogens with zero attached hydrogens (tertiary/aromatic N) is 5. The molecular weight excluding hydrogens is 368 g/mol. The van der Waals surface area contributed by atoms with Crippen molar-refractivity contribution in [2.75, 3.05) is 31.3 Å². The first-order chi connectivity index (χ1) is 14.0. The van der Waals surface area contributed by atoms with E-state index in [4.69, 9.17) is 5.73 Å². The van der Waals surface area contributed by atoms with E-state index >= 15 is 0 Å². The van der Waals surface area contributed by atoms with Gasteiger partial charge in [-0.15, -0.1) is 0 Å². The van der Waals surface area contributed by atoms with Crippen molar-refractivity contribution in [2.24, 2.45) is 5.73 Å². The summed E-state index contributed by atoms with van der Waals surface area (Å²) in [7, 11) is 4.10. The fourth-order valence-electron chi connectivity index (χ4n) is 2.77. The minimum Gasteiger partial charge on any atom is -0.365 e. The molecule has 0 aliphatic carbocycles. The largest absolute Gasteiger partial charge is 0.365 e. The normalized spacial score (nSPS) is 10.9. The smallest absolute Gasteiger partial charge is 0.254 e. The first kappa shape index (κ1) is 20.3. The Hall–Kier alpha value is -3.46. The lowest BCUT2D eigenvalue weighted by Crippen LogP contribution is -2.17. The van der Waals surface area contributed by atoms with E-state index in [1.807, 2.05) is 55.3 Å². The summed E-state index contributed by atoms with van der Waals surface area (Å²) in [4.78, 5) is 22.5. The average molecular weight is 394 g/mol. The summed E-state index contributed by atoms with van der Waals surface area (Å²) in [6, 6.07) is 9.83. The summed E-state index contributed by atoms with van der Waals surface area (Å²) in [5.74, 6) is 0.163. The summed E-state index contributed by atoms with van der Waals surface area (Å²) in [5, 5.41) is 10.6. The Balaban J connectivity index is 1.68. The summed E-state index contributed by atoms with van der Waals surface area (Å²) >= 11 is 0. The Kier molecular flexibility index (Phi) is 6.75. The number of aromatic nitrogens is 4. The molecule has 2 heterocycles. The predicted octanol–water partition coefficient (Wildman–Crippen LogP) is 2.08. The summed E-state index contributed by atoms with van der Waals surface area (Å²) < 4.78 is 1.87. The molecule has 3 rings (SSSR count). The van der Waals surface area contributed by atoms with Crippen LogP contribution in [0.15, 0.2) is 48.9 Å². The first-order valence-electron chi connectivity index (χ1n) is 9.40. The number of primary amides is 1. The van der Waals surface area contributed by atoms with Crippen molar-refractivity contribution in [1.82, 2.24) is 24.6 Å². The van der Waals surface area contributed by atoms with Crippen molar-refractivity contribution in [3.05, 3.63) is 60.0 Å². The van der Waals surface area contributed by atoms with Crippen molar-refractivity contribution in [1.29, 1.82) is 0 Å². The third-order valence-electron chi connectivity index (χ3n) is 4.24. The maximum absolute atomic E-state index is 11.7. The molecular formula is C20H26N8O. The lowest BCUT2D eigenvalue weighted by atomic mass is 10.2. The molecule has 0 bridgehead atoms. The van der Waals surface area contributed by atoms with Crippen molar-refractivity contribution in [3.8, 4) is 0 Å². The SMILES string of the molecule is CN(C)CCCn1cc(Nc2ncc(C(N)=O)c(NCc3ccccc3)n2)cn1. The number of aryl methyl sites for hydroxylation is 1. The zero-order valence-electron chi connectivity index (χ0n) is 16.7. The van der Waals surface area contributed by atoms with Gasteiger partial charge in [-0.2, -0.15) is 10.1 Å². The predicted molar refractivity (Wildman–Crippen MR) is 113 cm³/mol. The molecule has 9 heteroatoms. The highest BCUT2D eigenvalue weighted by Crippen LogP contribution is 2.18. The Morgan fingerprint density at radius 1 is 1.21 bits per heavy atom. The highest BCUT2D eigenvalue weighted by Gasteiger charge is 2.12. The minimum absolute atomic E-state index is 0.242. The van der Waals surface area contributed by atoms with E-state index < -0.39 is 5.91 Å². The number of benzene rings is 1. The van der Waals surface area contributed by atoms with Gasteiger partial charge in [-0.1, -0.05) is 30.3 Å². The molecule has 2 aromatic heterocycles. The molecule has 1 aromatic carbocycles. The number of hydrogen-bond donors (Lipinski definition) is 3. The molecule has 29 heavy (non-hydrogen) atoms. The monoisotopic (exact) mass is 394 g/mol. The van der Waals surface area contributed by atoms with Crippen LogP contribution in [-0.4, -0.2) is 51.2 Å². The van der Waals surface area contributed by atoms with Crippen LogP contribution in [0.4, 0.5) is 17.5 Å². The number of rotatable bonds is 10. The number of carbonyl (C=O) groups excluding carboxylic acids is 1. The number of carbonyl (C=O) groups is 1. The Morgan fingerprint density at radius 3 is 2.72 bits per heavy atom. The van der Waals surface area contributed by atoms with E-state index in [0.29, 0.717) is 18.3 Å². The van der Waals surface area contributed by atoms with Crippen LogP contribution in [0.1, 0.15) is 22.3 Å². The third-order valence-corrected chi connectivity index (χ3v) is 4.24. The van der Waals surface area contributed by atoms with Gasteiger partial charge < -0.3 is 21.3 Å². The van der Waals surface area contributed by atoms with Gasteiger partial charge in [0, 0.05) is 25.5 Å². The van der Waals surface area contributed by atoms with Gasteiger partial charge >= 0.3 is 0 Å². The molecule has 0 aliphatic heterocycles. The molecule has 0 saturated carbocycles. The van der Waals surface area contributed by atoms with Crippen LogP contribution in [0.3, 0.4) is 0 Å². The fraction of sp³-hybridized carbons (Fsp3) is 0.300. The van der Waals surface area contributed by atoms with E-state index in [1.165, 1.54) is 6.20 Å². The molecule has 0 atom stereocenters. The highest BCUT2D eigenvalue weighted by atomic mass is 16.1. The molecule has 3 aromatic rings. The number of nitrogens with two attached hydrogens (primary N) is 1. The minimum atomic E-state index is -0.583. The summed E-state index contributed by atoms with van der Waals surface area (Å²) in [6.45, 7) is 2.34. The van der Waals surface area contributed by atoms with E-state index in [0.717, 1.165) is 30.8 Å². The van der Waals surface area contributed by atoms with Crippen molar-refractivity contribution in [3.63, 3.8) is 0 Å². The maximum atomic E-state index is 11.7. The van der Waals surface area contributed by atoms with Crippen LogP contribution < -0.4 is 16.4 Å². The maximum Gasteiger partial charge on any atom is 0.254 e. The van der Waals surface area contributed by atoms with Gasteiger partial charge in [0.25, 0.3) is 5.91 Å². The number of amides is 1. The number of nitrogens with one attached hydrogen (secondary N) is 2. The van der Waals surface area contributed by atoms with Gasteiger partial charge in [-0.25, -0.2) is 4.98 Å². The molecule has 0 aliphatic rings. The van der Waals surface area contributed by atoms with Crippen LogP contribution in [-0.2, 0) is 13.1 Å². The molecule has 0 fully saturated rings. The standard InChI is InChI=1S/C20H26N8O/c1-27(2)9-6-10-28-14-16(12-24-28)25-20-23-13-17(18(21)29)19(26-20)22-11-15-7-4-3-5-8-15/h3-5,7-8,12-14H,6,9-11H2,1-2H3,(H2,21,29)(H2,22,23,25,26). The van der Waals surface area contributed by atoms with Crippen LogP contribution in [0.2, 0.25) is 0 Å². The molecule has 0 unspecified atom stereocenters. The first-order valence-corrected chi connectivity index (χ1v) is 9.40. The van der Waals surface area contributed by atoms with Gasteiger partial charge in [0.1, 0.15) is 5.82 Å². The zero-order valence-corrected chi connectivity index (χ0v) is 16.7. The van der Waals surface area contributed by atoms with Crippen molar-refractivity contribution < 1.29 is 4.79 Å². The molecule has 9 nitrogen and oxygen atoms in total. The second kappa shape index (κ2) is 9.65. The molecule has 0 spiro atoms. The van der Waals surface area contributed by atoms with Gasteiger partial charge in [0.2, 0.25) is 5.95 Å². The second-order valence-corrected chi connectivity index (χ2v) is 6.93. The lowest BCUT2D eigenvalue weighted by molar-refractivity contribution is 0.100. The van der Waals surface area contributed by atoms with Crippen molar-refractivity contribution >= 4 is 23.4 Å². The molecule has 0 saturated heterocycles. The van der Waals surface area contributed by atoms with Crippen molar-refractivity contribution in [2.45, 2.75) is 19.5 Å². The Morgan fingerprint density at radius 2 is 2.00 bits per heavy atom. The number of hydrogen-bond acceptors (Lipinski definition) is 7. The molecule has 1 amide bonds. The molecule has 152 valence electrons. The number of anilines is 3. The van der Waals surface area contributed by atoms with Crippen LogP contribution in [0.25, 0.3) is 0 Å². The van der Waals surface area contributed by atoms with Gasteiger partial charge in [0.15, 0.2) is 0 Å². The van der Waals surface area contributed by atoms with Crippen LogP contribution in [0, 0.1) is 0 Å². The fourth-order valence-corrected chi connectivity index (χ4v) is 2.77. The van der Waals surface area contributed by atoms with Gasteiger partial charge in [-0.05, 0) is 32.6 Å². The quantitative estimate of drug-likeness (QED) is 0.482. The van der Waals surface area contributed by atoms with Gasteiger partial charge in [0.05, 0.1) is 17.4 Å². The molecule has 0 radical (unpaired) electrons. The van der Waals surface area contributed by atoms with E-state index in [1.54, 1.807) is 6.20 Å². The zero-order chi connectivity index (χ0) is 20.6.